The lowest BCUT2D eigenvalue weighted by Gasteiger charge is -2.21. The summed E-state index contributed by atoms with van der Waals surface area (Å²) in [5, 5.41) is 5.73. The van der Waals surface area contributed by atoms with Crippen LogP contribution in [0.1, 0.15) is 30.8 Å². The number of rotatable bonds is 5. The van der Waals surface area contributed by atoms with Crippen LogP contribution in [0.15, 0.2) is 41.2 Å². The van der Waals surface area contributed by atoms with Crippen LogP contribution in [0.25, 0.3) is 10.6 Å². The van der Waals surface area contributed by atoms with Crippen LogP contribution in [0, 0.1) is 0 Å². The Bertz CT molecular complexity index is 938. The number of thiazole rings is 2. The highest BCUT2D eigenvalue weighted by atomic mass is 32.1. The van der Waals surface area contributed by atoms with Gasteiger partial charge in [0, 0.05) is 48.7 Å². The first-order valence-electron chi connectivity index (χ1n) is 9.76. The first kappa shape index (κ1) is 19.8. The molecule has 1 aliphatic heterocycles. The van der Waals surface area contributed by atoms with Gasteiger partial charge in [-0.15, -0.1) is 22.7 Å². The smallest absolute Gasteiger partial charge is 0.273 e. The lowest BCUT2D eigenvalue weighted by atomic mass is 10.2. The molecule has 0 N–H and O–H groups in total. The summed E-state index contributed by atoms with van der Waals surface area (Å²) in [6.07, 6.45) is 2.90. The predicted molar refractivity (Wildman–Crippen MR) is 118 cm³/mol. The molecule has 29 heavy (non-hydrogen) atoms. The quantitative estimate of drug-likeness (QED) is 0.603. The molecule has 0 unspecified atom stereocenters. The molecule has 1 amide bonds. The van der Waals surface area contributed by atoms with Gasteiger partial charge in [-0.3, -0.25) is 4.79 Å². The number of hydrogen-bond donors (Lipinski definition) is 0. The molecule has 0 atom stereocenters. The summed E-state index contributed by atoms with van der Waals surface area (Å²) >= 11 is 3.14. The Morgan fingerprint density at radius 2 is 1.93 bits per heavy atom. The molecule has 0 aliphatic carbocycles. The van der Waals surface area contributed by atoms with Crippen molar-refractivity contribution in [2.24, 2.45) is 0 Å². The molecule has 6 nitrogen and oxygen atoms in total. The fourth-order valence-corrected chi connectivity index (χ4v) is 4.80. The molecule has 2 aromatic heterocycles. The minimum Gasteiger partial charge on any atom is -0.491 e. The molecular formula is C21H24N4O2S2. The minimum absolute atomic E-state index is 0.00764. The lowest BCUT2D eigenvalue weighted by Crippen LogP contribution is -2.35. The second-order valence-electron chi connectivity index (χ2n) is 7.18. The van der Waals surface area contributed by atoms with Crippen molar-refractivity contribution in [3.05, 3.63) is 46.9 Å². The predicted octanol–water partition coefficient (Wildman–Crippen LogP) is 4.41. The maximum atomic E-state index is 13.0. The first-order valence-corrected chi connectivity index (χ1v) is 11.5. The first-order chi connectivity index (χ1) is 14.1. The van der Waals surface area contributed by atoms with Gasteiger partial charge in [-0.2, -0.15) is 0 Å². The van der Waals surface area contributed by atoms with E-state index in [9.17, 15) is 4.79 Å². The zero-order chi connectivity index (χ0) is 20.2. The van der Waals surface area contributed by atoms with E-state index in [1.165, 1.54) is 11.3 Å². The molecule has 0 radical (unpaired) electrons. The van der Waals surface area contributed by atoms with Crippen LogP contribution < -0.4 is 9.64 Å². The number of aromatic nitrogens is 2. The standard InChI is InChI=1S/C21H24N4O2S2/c1-15(2)27-17-6-4-16(5-7-17)19-23-18(14-29-19)20(26)24-9-3-10-25(12-11-24)21-22-8-13-28-21/h4-8,13-15H,3,9-12H2,1-2H3. The van der Waals surface area contributed by atoms with Gasteiger partial charge in [0.1, 0.15) is 16.5 Å². The Morgan fingerprint density at radius 3 is 2.66 bits per heavy atom. The maximum Gasteiger partial charge on any atom is 0.273 e. The Kier molecular flexibility index (Phi) is 6.10. The molecule has 1 aromatic carbocycles. The summed E-state index contributed by atoms with van der Waals surface area (Å²) in [6.45, 7) is 7.16. The number of carbonyl (C=O) groups is 1. The van der Waals surface area contributed by atoms with Crippen LogP contribution >= 0.6 is 22.7 Å². The third-order valence-corrected chi connectivity index (χ3v) is 6.39. The SMILES string of the molecule is CC(C)Oc1ccc(-c2nc(C(=O)N3CCCN(c4nccs4)CC3)cs2)cc1. The highest BCUT2D eigenvalue weighted by Crippen LogP contribution is 2.27. The van der Waals surface area contributed by atoms with E-state index in [-0.39, 0.29) is 12.0 Å². The van der Waals surface area contributed by atoms with Gasteiger partial charge in [-0.25, -0.2) is 9.97 Å². The minimum atomic E-state index is 0.00764. The Labute approximate surface area is 178 Å². The van der Waals surface area contributed by atoms with Crippen molar-refractivity contribution in [1.82, 2.24) is 14.9 Å². The van der Waals surface area contributed by atoms with Gasteiger partial charge in [0.05, 0.1) is 6.10 Å². The highest BCUT2D eigenvalue weighted by molar-refractivity contribution is 7.13. The van der Waals surface area contributed by atoms with Crippen molar-refractivity contribution < 1.29 is 9.53 Å². The van der Waals surface area contributed by atoms with Gasteiger partial charge < -0.3 is 14.5 Å². The Balaban J connectivity index is 1.41. The molecule has 4 rings (SSSR count). The summed E-state index contributed by atoms with van der Waals surface area (Å²) < 4.78 is 5.69. The van der Waals surface area contributed by atoms with Gasteiger partial charge in [0.15, 0.2) is 5.13 Å². The van der Waals surface area contributed by atoms with Crippen molar-refractivity contribution in [1.29, 1.82) is 0 Å². The fourth-order valence-electron chi connectivity index (χ4n) is 3.30. The summed E-state index contributed by atoms with van der Waals surface area (Å²) in [5.74, 6) is 0.846. The van der Waals surface area contributed by atoms with Crippen LogP contribution in [0.5, 0.6) is 5.75 Å². The second kappa shape index (κ2) is 8.92. The zero-order valence-electron chi connectivity index (χ0n) is 16.6. The number of hydrogen-bond acceptors (Lipinski definition) is 7. The molecule has 3 aromatic rings. The van der Waals surface area contributed by atoms with Crippen LogP contribution in [-0.2, 0) is 0 Å². The maximum absolute atomic E-state index is 13.0. The van der Waals surface area contributed by atoms with E-state index in [1.54, 1.807) is 11.3 Å². The van der Waals surface area contributed by atoms with Gasteiger partial charge in [0.25, 0.3) is 5.91 Å². The van der Waals surface area contributed by atoms with Gasteiger partial charge in [-0.1, -0.05) is 0 Å². The molecule has 1 saturated heterocycles. The third-order valence-electron chi connectivity index (χ3n) is 4.67. The van der Waals surface area contributed by atoms with Crippen LogP contribution in [0.4, 0.5) is 5.13 Å². The molecule has 1 aliphatic rings. The van der Waals surface area contributed by atoms with Crippen molar-refractivity contribution in [3.8, 4) is 16.3 Å². The molecule has 0 spiro atoms. The number of ether oxygens (including phenoxy) is 1. The molecule has 8 heteroatoms. The van der Waals surface area contributed by atoms with Crippen LogP contribution in [0.2, 0.25) is 0 Å². The summed E-state index contributed by atoms with van der Waals surface area (Å²) in [6, 6.07) is 7.87. The van der Waals surface area contributed by atoms with Crippen molar-refractivity contribution in [2.75, 3.05) is 31.1 Å². The Morgan fingerprint density at radius 1 is 1.10 bits per heavy atom. The summed E-state index contributed by atoms with van der Waals surface area (Å²) in [7, 11) is 0. The number of benzene rings is 1. The third kappa shape index (κ3) is 4.76. The number of anilines is 1. The lowest BCUT2D eigenvalue weighted by molar-refractivity contribution is 0.0762. The Hall–Kier alpha value is -2.45. The van der Waals surface area contributed by atoms with E-state index in [0.717, 1.165) is 47.5 Å². The average Bonchev–Trinajstić information content (AvgIpc) is 3.36. The molecule has 0 saturated carbocycles. The van der Waals surface area contributed by atoms with E-state index in [1.807, 2.05) is 60.0 Å². The number of nitrogens with zero attached hydrogens (tertiary/aromatic N) is 4. The topological polar surface area (TPSA) is 58.6 Å². The zero-order valence-corrected chi connectivity index (χ0v) is 18.2. The van der Waals surface area contributed by atoms with Crippen molar-refractivity contribution >= 4 is 33.7 Å². The summed E-state index contributed by atoms with van der Waals surface area (Å²) in [5.41, 5.74) is 1.52. The molecule has 1 fully saturated rings. The largest absolute Gasteiger partial charge is 0.491 e. The van der Waals surface area contributed by atoms with Gasteiger partial charge >= 0.3 is 0 Å². The number of carbonyl (C=O) groups excluding carboxylic acids is 1. The van der Waals surface area contributed by atoms with E-state index in [2.05, 4.69) is 14.9 Å². The fraction of sp³-hybridized carbons (Fsp3) is 0.381. The van der Waals surface area contributed by atoms with E-state index >= 15 is 0 Å². The van der Waals surface area contributed by atoms with E-state index in [4.69, 9.17) is 4.74 Å². The van der Waals surface area contributed by atoms with Crippen molar-refractivity contribution in [2.45, 2.75) is 26.4 Å². The van der Waals surface area contributed by atoms with Crippen molar-refractivity contribution in [3.63, 3.8) is 0 Å². The molecule has 152 valence electrons. The van der Waals surface area contributed by atoms with Crippen LogP contribution in [-0.4, -0.2) is 53.1 Å². The highest BCUT2D eigenvalue weighted by Gasteiger charge is 2.23. The van der Waals surface area contributed by atoms with Crippen LogP contribution in [0.3, 0.4) is 0 Å². The normalized spacial score (nSPS) is 14.9. The van der Waals surface area contributed by atoms with Gasteiger partial charge in [0.2, 0.25) is 0 Å². The molecule has 3 heterocycles. The molecule has 0 bridgehead atoms. The molecular weight excluding hydrogens is 404 g/mol. The summed E-state index contributed by atoms with van der Waals surface area (Å²) in [4.78, 5) is 26.1. The van der Waals surface area contributed by atoms with E-state index in [0.29, 0.717) is 12.2 Å². The van der Waals surface area contributed by atoms with E-state index < -0.39 is 0 Å². The van der Waals surface area contributed by atoms with Gasteiger partial charge in [-0.05, 0) is 44.5 Å². The number of amides is 1. The average molecular weight is 429 g/mol. The second-order valence-corrected chi connectivity index (χ2v) is 8.91. The monoisotopic (exact) mass is 428 g/mol.